The van der Waals surface area contributed by atoms with Crippen molar-refractivity contribution in [3.63, 3.8) is 0 Å². The summed E-state index contributed by atoms with van der Waals surface area (Å²) in [6.45, 7) is 6.95. The molecule has 0 radical (unpaired) electrons. The van der Waals surface area contributed by atoms with Gasteiger partial charge in [-0.15, -0.1) is 11.3 Å². The van der Waals surface area contributed by atoms with Crippen molar-refractivity contribution in [3.8, 4) is 5.13 Å². The number of aryl methyl sites for hydroxylation is 1. The van der Waals surface area contributed by atoms with Crippen LogP contribution >= 0.6 is 11.3 Å². The Bertz CT molecular complexity index is 1280. The number of ether oxygens (including phenoxy) is 1. The zero-order chi connectivity index (χ0) is 23.9. The monoisotopic (exact) mass is 471 g/mol. The molecule has 2 N–H and O–H groups in total. The van der Waals surface area contributed by atoms with E-state index in [0.717, 1.165) is 0 Å². The minimum Gasteiger partial charge on any atom is -0.477 e. The molecule has 1 fully saturated rings. The Labute approximate surface area is 193 Å². The highest BCUT2D eigenvalue weighted by Gasteiger charge is 2.36. The van der Waals surface area contributed by atoms with E-state index in [9.17, 15) is 19.5 Å². The van der Waals surface area contributed by atoms with Crippen LogP contribution in [0.2, 0.25) is 0 Å². The van der Waals surface area contributed by atoms with Crippen molar-refractivity contribution < 1.29 is 19.4 Å². The van der Waals surface area contributed by atoms with Gasteiger partial charge in [-0.05, 0) is 32.4 Å². The van der Waals surface area contributed by atoms with Crippen LogP contribution in [0.25, 0.3) is 16.2 Å². The number of pyridine rings is 2. The summed E-state index contributed by atoms with van der Waals surface area (Å²) >= 11 is 1.31. The van der Waals surface area contributed by atoms with E-state index in [-0.39, 0.29) is 22.8 Å². The average Bonchev–Trinajstić information content (AvgIpc) is 3.20. The van der Waals surface area contributed by atoms with E-state index < -0.39 is 16.9 Å². The summed E-state index contributed by atoms with van der Waals surface area (Å²) in [7, 11) is 1.59. The highest BCUT2D eigenvalue weighted by Crippen LogP contribution is 2.28. The lowest BCUT2D eigenvalue weighted by atomic mass is 9.96. The molecule has 11 heteroatoms. The number of amides is 1. The molecule has 1 amide bonds. The third-order valence-electron chi connectivity index (χ3n) is 5.54. The summed E-state index contributed by atoms with van der Waals surface area (Å²) < 4.78 is 6.69. The van der Waals surface area contributed by atoms with E-state index in [4.69, 9.17) is 4.74 Å². The zero-order valence-electron chi connectivity index (χ0n) is 18.8. The Balaban J connectivity index is 1.67. The summed E-state index contributed by atoms with van der Waals surface area (Å²) in [4.78, 5) is 48.1. The molecule has 3 aromatic heterocycles. The first-order valence-corrected chi connectivity index (χ1v) is 11.3. The molecule has 4 heterocycles. The molecule has 3 aromatic rings. The van der Waals surface area contributed by atoms with E-state index in [1.165, 1.54) is 17.5 Å². The number of carbonyl (C=O) groups excluding carboxylic acids is 1. The van der Waals surface area contributed by atoms with E-state index >= 15 is 0 Å². The van der Waals surface area contributed by atoms with Crippen molar-refractivity contribution in [1.82, 2.24) is 19.9 Å². The smallest absolute Gasteiger partial charge is 0.341 e. The SMILES string of the molecule is COCC(C)(C)NC(=O)C1CN(c2cc(C)c3c(=O)c(C(=O)O)cn(-c4nccs4)c3n2)C1. The number of carbonyl (C=O) groups is 2. The fraction of sp³-hybridized carbons (Fsp3) is 0.409. The number of nitrogens with zero attached hydrogens (tertiary/aromatic N) is 4. The zero-order valence-corrected chi connectivity index (χ0v) is 19.6. The van der Waals surface area contributed by atoms with Gasteiger partial charge in [-0.3, -0.25) is 14.2 Å². The number of methoxy groups -OCH3 is 1. The predicted molar refractivity (Wildman–Crippen MR) is 125 cm³/mol. The van der Waals surface area contributed by atoms with Crippen LogP contribution in [0, 0.1) is 12.8 Å². The predicted octanol–water partition coefficient (Wildman–Crippen LogP) is 1.83. The molecule has 174 valence electrons. The third-order valence-corrected chi connectivity index (χ3v) is 6.31. The van der Waals surface area contributed by atoms with E-state index in [1.54, 1.807) is 36.2 Å². The second-order valence-electron chi connectivity index (χ2n) is 8.77. The van der Waals surface area contributed by atoms with Crippen LogP contribution in [0.3, 0.4) is 0 Å². The van der Waals surface area contributed by atoms with E-state index in [1.807, 2.05) is 18.7 Å². The van der Waals surface area contributed by atoms with Crippen molar-refractivity contribution in [1.29, 1.82) is 0 Å². The van der Waals surface area contributed by atoms with Crippen LogP contribution < -0.4 is 15.6 Å². The van der Waals surface area contributed by atoms with E-state index in [0.29, 0.717) is 41.9 Å². The molecular weight excluding hydrogens is 446 g/mol. The van der Waals surface area contributed by atoms with Crippen molar-refractivity contribution in [2.24, 2.45) is 5.92 Å². The van der Waals surface area contributed by atoms with Crippen LogP contribution in [0.5, 0.6) is 0 Å². The lowest BCUT2D eigenvalue weighted by Crippen LogP contribution is -2.58. The van der Waals surface area contributed by atoms with Gasteiger partial charge in [-0.1, -0.05) is 0 Å². The van der Waals surface area contributed by atoms with Gasteiger partial charge >= 0.3 is 5.97 Å². The molecule has 1 saturated heterocycles. The highest BCUT2D eigenvalue weighted by atomic mass is 32.1. The van der Waals surface area contributed by atoms with Crippen molar-refractivity contribution in [3.05, 3.63) is 45.2 Å². The van der Waals surface area contributed by atoms with Gasteiger partial charge in [0.1, 0.15) is 11.4 Å². The Morgan fingerprint density at radius 3 is 2.70 bits per heavy atom. The maximum Gasteiger partial charge on any atom is 0.341 e. The van der Waals surface area contributed by atoms with Gasteiger partial charge in [0.15, 0.2) is 10.8 Å². The maximum atomic E-state index is 12.9. The number of thiazole rings is 1. The molecule has 4 rings (SSSR count). The average molecular weight is 472 g/mol. The van der Waals surface area contributed by atoms with Gasteiger partial charge in [0.25, 0.3) is 0 Å². The number of rotatable bonds is 7. The number of carboxylic acids is 1. The van der Waals surface area contributed by atoms with E-state index in [2.05, 4.69) is 15.3 Å². The lowest BCUT2D eigenvalue weighted by Gasteiger charge is -2.40. The molecule has 0 aromatic carbocycles. The third kappa shape index (κ3) is 4.33. The van der Waals surface area contributed by atoms with Gasteiger partial charge < -0.3 is 20.1 Å². The fourth-order valence-corrected chi connectivity index (χ4v) is 4.55. The number of fused-ring (bicyclic) bond motifs is 1. The topological polar surface area (TPSA) is 127 Å². The lowest BCUT2D eigenvalue weighted by molar-refractivity contribution is -0.128. The van der Waals surface area contributed by atoms with Crippen LogP contribution in [-0.2, 0) is 9.53 Å². The molecule has 0 bridgehead atoms. The summed E-state index contributed by atoms with van der Waals surface area (Å²) in [5.41, 5.74) is -0.431. The van der Waals surface area contributed by atoms with Crippen LogP contribution in [0.1, 0.15) is 29.8 Å². The van der Waals surface area contributed by atoms with Gasteiger partial charge in [-0.25, -0.2) is 14.8 Å². The van der Waals surface area contributed by atoms with Crippen LogP contribution in [0.15, 0.2) is 28.6 Å². The first kappa shape index (κ1) is 22.9. The van der Waals surface area contributed by atoms with Gasteiger partial charge in [0.2, 0.25) is 11.3 Å². The number of aromatic nitrogens is 3. The quantitative estimate of drug-likeness (QED) is 0.534. The molecule has 1 aliphatic rings. The van der Waals surface area contributed by atoms with Crippen molar-refractivity contribution in [2.45, 2.75) is 26.3 Å². The summed E-state index contributed by atoms with van der Waals surface area (Å²) in [5.74, 6) is -0.914. The molecule has 33 heavy (non-hydrogen) atoms. The largest absolute Gasteiger partial charge is 0.477 e. The molecule has 10 nitrogen and oxygen atoms in total. The number of aromatic carboxylic acids is 1. The number of hydrogen-bond donors (Lipinski definition) is 2. The Morgan fingerprint density at radius 1 is 1.36 bits per heavy atom. The summed E-state index contributed by atoms with van der Waals surface area (Å²) in [6, 6.07) is 1.75. The van der Waals surface area contributed by atoms with Gasteiger partial charge in [-0.2, -0.15) is 0 Å². The summed E-state index contributed by atoms with van der Waals surface area (Å²) in [6.07, 6.45) is 2.87. The van der Waals surface area contributed by atoms with Crippen LogP contribution in [-0.4, -0.2) is 63.9 Å². The van der Waals surface area contributed by atoms with Crippen molar-refractivity contribution in [2.75, 3.05) is 31.7 Å². The fourth-order valence-electron chi connectivity index (χ4n) is 3.94. The first-order valence-electron chi connectivity index (χ1n) is 10.4. The molecular formula is C22H25N5O5S. The van der Waals surface area contributed by atoms with Crippen LogP contribution in [0.4, 0.5) is 5.82 Å². The molecule has 0 atom stereocenters. The normalized spacial score (nSPS) is 14.4. The number of nitrogens with one attached hydrogen (secondary N) is 1. The standard InChI is InChI=1S/C22H25N5O5S/c1-12-7-15(26-8-13(9-26)19(29)25-22(2,3)11-32-4)24-18-16(12)17(28)14(20(30)31)10-27(18)21-23-5-6-33-21/h5-7,10,13H,8-9,11H2,1-4H3,(H,25,29)(H,30,31). The Morgan fingerprint density at radius 2 is 2.09 bits per heavy atom. The highest BCUT2D eigenvalue weighted by molar-refractivity contribution is 7.12. The maximum absolute atomic E-state index is 12.9. The second-order valence-corrected chi connectivity index (χ2v) is 9.64. The molecule has 1 aliphatic heterocycles. The number of carboxylic acid groups (broad SMARTS) is 1. The molecule has 0 unspecified atom stereocenters. The second kappa shape index (κ2) is 8.56. The molecule has 0 aliphatic carbocycles. The summed E-state index contributed by atoms with van der Waals surface area (Å²) in [5, 5.41) is 15.0. The minimum atomic E-state index is -1.30. The minimum absolute atomic E-state index is 0.0448. The Hall–Kier alpha value is -3.31. The molecule has 0 spiro atoms. The van der Waals surface area contributed by atoms with Crippen molar-refractivity contribution >= 4 is 40.1 Å². The van der Waals surface area contributed by atoms with Gasteiger partial charge in [0, 0.05) is 38.0 Å². The number of hydrogen-bond acceptors (Lipinski definition) is 8. The first-order chi connectivity index (χ1) is 15.6. The Kier molecular flexibility index (Phi) is 5.93. The number of anilines is 1. The molecule has 0 saturated carbocycles. The van der Waals surface area contributed by atoms with Gasteiger partial charge in [0.05, 0.1) is 23.4 Å².